The van der Waals surface area contributed by atoms with Crippen LogP contribution < -0.4 is 0 Å². The highest BCUT2D eigenvalue weighted by Gasteiger charge is 2.61. The summed E-state index contributed by atoms with van der Waals surface area (Å²) in [6.07, 6.45) is 8.92. The Morgan fingerprint density at radius 1 is 1.25 bits per heavy atom. The third-order valence-corrected chi connectivity index (χ3v) is 8.49. The molecule has 0 bridgehead atoms. The topological polar surface area (TPSA) is 37.3 Å². The number of allylic oxidation sites excluding steroid dienone is 2. The maximum atomic E-state index is 11.9. The molecule has 3 fully saturated rings. The van der Waals surface area contributed by atoms with E-state index in [2.05, 4.69) is 27.4 Å². The van der Waals surface area contributed by atoms with Crippen molar-refractivity contribution in [2.45, 2.75) is 71.8 Å². The fourth-order valence-corrected chi connectivity index (χ4v) is 7.50. The van der Waals surface area contributed by atoms with Crippen LogP contribution in [-0.2, 0) is 4.79 Å². The minimum Gasteiger partial charge on any atom is -0.393 e. The highest BCUT2D eigenvalue weighted by atomic mass is 16.3. The Balaban J connectivity index is 1.72. The van der Waals surface area contributed by atoms with Crippen molar-refractivity contribution in [3.05, 3.63) is 23.8 Å². The molecular formula is C22H32O2. The summed E-state index contributed by atoms with van der Waals surface area (Å²) >= 11 is 0. The molecule has 2 nitrogen and oxygen atoms in total. The molecule has 132 valence electrons. The average molecular weight is 328 g/mol. The van der Waals surface area contributed by atoms with Crippen LogP contribution >= 0.6 is 0 Å². The number of carbonyl (C=O) groups is 1. The van der Waals surface area contributed by atoms with Crippen molar-refractivity contribution in [3.8, 4) is 0 Å². The predicted octanol–water partition coefficient (Wildman–Crippen LogP) is 4.68. The Bertz CT molecular complexity index is 617. The second-order valence-corrected chi connectivity index (χ2v) is 9.64. The van der Waals surface area contributed by atoms with E-state index in [0.717, 1.165) is 25.7 Å². The molecule has 0 heterocycles. The SMILES string of the molecule is C=C(C)[C@H]1CC[C@H]2[C@@H]3CCC4=CC(=O)CC[C@]4(C)C3[C@@H](O)C[C@]12C. The van der Waals surface area contributed by atoms with Gasteiger partial charge in [0.2, 0.25) is 0 Å². The monoisotopic (exact) mass is 328 g/mol. The zero-order valence-electron chi connectivity index (χ0n) is 15.5. The van der Waals surface area contributed by atoms with Crippen molar-refractivity contribution in [1.82, 2.24) is 0 Å². The van der Waals surface area contributed by atoms with Crippen LogP contribution in [0.3, 0.4) is 0 Å². The van der Waals surface area contributed by atoms with Crippen LogP contribution in [0.15, 0.2) is 23.8 Å². The van der Waals surface area contributed by atoms with Crippen molar-refractivity contribution in [1.29, 1.82) is 0 Å². The van der Waals surface area contributed by atoms with Crippen LogP contribution in [0.25, 0.3) is 0 Å². The summed E-state index contributed by atoms with van der Waals surface area (Å²) in [6, 6.07) is 0. The summed E-state index contributed by atoms with van der Waals surface area (Å²) < 4.78 is 0. The smallest absolute Gasteiger partial charge is 0.155 e. The van der Waals surface area contributed by atoms with Crippen molar-refractivity contribution >= 4 is 5.78 Å². The number of aliphatic hydroxyl groups is 1. The third kappa shape index (κ3) is 2.08. The number of hydrogen-bond donors (Lipinski definition) is 1. The average Bonchev–Trinajstić information content (AvgIpc) is 2.84. The maximum Gasteiger partial charge on any atom is 0.155 e. The van der Waals surface area contributed by atoms with Crippen LogP contribution in [0.5, 0.6) is 0 Å². The van der Waals surface area contributed by atoms with Crippen molar-refractivity contribution in [3.63, 3.8) is 0 Å². The fraction of sp³-hybridized carbons (Fsp3) is 0.773. The minimum absolute atomic E-state index is 0.0406. The summed E-state index contributed by atoms with van der Waals surface area (Å²) in [5.41, 5.74) is 2.89. The van der Waals surface area contributed by atoms with Crippen LogP contribution in [0.2, 0.25) is 0 Å². The van der Waals surface area contributed by atoms with Crippen LogP contribution in [-0.4, -0.2) is 17.0 Å². The van der Waals surface area contributed by atoms with Gasteiger partial charge in [-0.1, -0.05) is 31.6 Å². The lowest BCUT2D eigenvalue weighted by Crippen LogP contribution is -2.56. The van der Waals surface area contributed by atoms with Crippen LogP contribution in [0.1, 0.15) is 65.7 Å². The molecule has 4 aliphatic rings. The van der Waals surface area contributed by atoms with Gasteiger partial charge >= 0.3 is 0 Å². The molecule has 24 heavy (non-hydrogen) atoms. The molecule has 3 saturated carbocycles. The van der Waals surface area contributed by atoms with Gasteiger partial charge < -0.3 is 5.11 Å². The van der Waals surface area contributed by atoms with Gasteiger partial charge in [-0.3, -0.25) is 4.79 Å². The second kappa shape index (κ2) is 5.30. The number of carbonyl (C=O) groups excluding carboxylic acids is 1. The molecule has 0 aliphatic heterocycles. The molecule has 0 aromatic rings. The molecule has 0 amide bonds. The van der Waals surface area contributed by atoms with Gasteiger partial charge in [-0.2, -0.15) is 0 Å². The molecule has 1 N–H and O–H groups in total. The van der Waals surface area contributed by atoms with Gasteiger partial charge in [0, 0.05) is 6.42 Å². The Kier molecular flexibility index (Phi) is 3.66. The van der Waals surface area contributed by atoms with Gasteiger partial charge in [-0.25, -0.2) is 0 Å². The molecule has 0 radical (unpaired) electrons. The van der Waals surface area contributed by atoms with Gasteiger partial charge in [0.25, 0.3) is 0 Å². The number of aliphatic hydroxyl groups excluding tert-OH is 1. The van der Waals surface area contributed by atoms with Gasteiger partial charge in [0.1, 0.15) is 0 Å². The standard InChI is InChI=1S/C22H32O2/c1-13(2)17-7-8-18-16-6-5-14-11-15(23)9-10-21(14,3)20(16)19(24)12-22(17,18)4/h11,16-20,24H,1,5-10,12H2,2-4H3/t16-,17+,18-,19-,20?,21-,22+/m0/s1. The minimum atomic E-state index is -0.238. The summed E-state index contributed by atoms with van der Waals surface area (Å²) in [4.78, 5) is 11.9. The number of ketones is 1. The maximum absolute atomic E-state index is 11.9. The Labute approximate surface area is 146 Å². The van der Waals surface area contributed by atoms with Gasteiger partial charge in [-0.05, 0) is 86.0 Å². The van der Waals surface area contributed by atoms with E-state index in [1.165, 1.54) is 24.0 Å². The van der Waals surface area contributed by atoms with E-state index >= 15 is 0 Å². The largest absolute Gasteiger partial charge is 0.393 e. The Morgan fingerprint density at radius 3 is 2.71 bits per heavy atom. The number of hydrogen-bond acceptors (Lipinski definition) is 2. The summed E-state index contributed by atoms with van der Waals surface area (Å²) in [5.74, 6) is 2.52. The van der Waals surface area contributed by atoms with Gasteiger partial charge in [0.15, 0.2) is 5.78 Å². The van der Waals surface area contributed by atoms with E-state index in [-0.39, 0.29) is 16.9 Å². The van der Waals surface area contributed by atoms with Crippen molar-refractivity contribution in [2.24, 2.45) is 34.5 Å². The van der Waals surface area contributed by atoms with E-state index in [1.807, 2.05) is 6.08 Å². The van der Waals surface area contributed by atoms with E-state index in [9.17, 15) is 9.90 Å². The Hall–Kier alpha value is -0.890. The summed E-state index contributed by atoms with van der Waals surface area (Å²) in [5, 5.41) is 11.2. The Morgan fingerprint density at radius 2 is 2.00 bits per heavy atom. The molecule has 4 rings (SSSR count). The van der Waals surface area contributed by atoms with E-state index in [0.29, 0.717) is 35.9 Å². The highest BCUT2D eigenvalue weighted by Crippen LogP contribution is 2.67. The normalized spacial score (nSPS) is 50.6. The van der Waals surface area contributed by atoms with Crippen molar-refractivity contribution in [2.75, 3.05) is 0 Å². The van der Waals surface area contributed by atoms with Gasteiger partial charge in [0.05, 0.1) is 6.10 Å². The van der Waals surface area contributed by atoms with Crippen LogP contribution in [0, 0.1) is 34.5 Å². The molecule has 7 atom stereocenters. The predicted molar refractivity (Wildman–Crippen MR) is 96.4 cm³/mol. The van der Waals surface area contributed by atoms with Crippen molar-refractivity contribution < 1.29 is 9.90 Å². The molecular weight excluding hydrogens is 296 g/mol. The van der Waals surface area contributed by atoms with Crippen LogP contribution in [0.4, 0.5) is 0 Å². The first kappa shape index (κ1) is 16.6. The first-order valence-electron chi connectivity index (χ1n) is 9.85. The molecule has 4 aliphatic carbocycles. The fourth-order valence-electron chi connectivity index (χ4n) is 7.50. The lowest BCUT2D eigenvalue weighted by molar-refractivity contribution is -0.131. The highest BCUT2D eigenvalue weighted by molar-refractivity contribution is 5.91. The first-order valence-corrected chi connectivity index (χ1v) is 9.85. The third-order valence-electron chi connectivity index (χ3n) is 8.49. The molecule has 0 aromatic heterocycles. The second-order valence-electron chi connectivity index (χ2n) is 9.64. The molecule has 2 heteroatoms. The number of fused-ring (bicyclic) bond motifs is 5. The van der Waals surface area contributed by atoms with Gasteiger partial charge in [-0.15, -0.1) is 0 Å². The number of rotatable bonds is 1. The summed E-state index contributed by atoms with van der Waals surface area (Å²) in [6.45, 7) is 11.2. The van der Waals surface area contributed by atoms with E-state index in [4.69, 9.17) is 0 Å². The lowest BCUT2D eigenvalue weighted by Gasteiger charge is -2.60. The molecule has 0 spiro atoms. The lowest BCUT2D eigenvalue weighted by atomic mass is 9.46. The zero-order chi connectivity index (χ0) is 17.3. The first-order chi connectivity index (χ1) is 11.3. The molecule has 1 unspecified atom stereocenters. The van der Waals surface area contributed by atoms with E-state index < -0.39 is 0 Å². The summed E-state index contributed by atoms with van der Waals surface area (Å²) in [7, 11) is 0. The van der Waals surface area contributed by atoms with E-state index in [1.54, 1.807) is 0 Å². The zero-order valence-corrected chi connectivity index (χ0v) is 15.5. The quantitative estimate of drug-likeness (QED) is 0.710. The molecule has 0 saturated heterocycles. The molecule has 0 aromatic carbocycles.